The van der Waals surface area contributed by atoms with Crippen molar-refractivity contribution in [1.29, 1.82) is 0 Å². The van der Waals surface area contributed by atoms with Gasteiger partial charge in [-0.25, -0.2) is 8.42 Å². The molecule has 37 heavy (non-hydrogen) atoms. The lowest BCUT2D eigenvalue weighted by molar-refractivity contribution is -0.461. The highest BCUT2D eigenvalue weighted by molar-refractivity contribution is 7.94. The molecule has 224 valence electrons. The second kappa shape index (κ2) is 9.14. The second-order valence-corrected chi connectivity index (χ2v) is 8.57. The first-order chi connectivity index (χ1) is 15.5. The van der Waals surface area contributed by atoms with Crippen LogP contribution < -0.4 is 0 Å². The third-order valence-corrected chi connectivity index (χ3v) is 6.41. The van der Waals surface area contributed by atoms with Crippen molar-refractivity contribution in [2.75, 3.05) is 0 Å². The SMILES string of the molecule is O=S(OS(=O)C(F)(F)C(C(F)(F)F)(C(F)(F)F)C(F)(F)F)C(F)(F)C(C(F)(F)F)(C(F)(F)F)C(F)(F)F. The molecule has 3 nitrogen and oxygen atoms in total. The van der Waals surface area contributed by atoms with E-state index in [1.165, 1.54) is 0 Å². The Hall–Kier alpha value is -1.28. The average Bonchev–Trinajstić information content (AvgIpc) is 2.44. The van der Waals surface area contributed by atoms with Gasteiger partial charge in [0, 0.05) is 0 Å². The maximum absolute atomic E-state index is 13.7. The molecule has 0 rings (SSSR count). The van der Waals surface area contributed by atoms with Crippen LogP contribution in [0.5, 0.6) is 0 Å². The predicted octanol–water partition coefficient (Wildman–Crippen LogP) is 6.86. The van der Waals surface area contributed by atoms with Crippen LogP contribution in [0.3, 0.4) is 0 Å². The summed E-state index contributed by atoms with van der Waals surface area (Å²) in [6, 6.07) is 0. The van der Waals surface area contributed by atoms with Gasteiger partial charge in [0.15, 0.2) is 0 Å². The van der Waals surface area contributed by atoms with Gasteiger partial charge in [-0.15, -0.1) is 0 Å². The number of hydrogen-bond donors (Lipinski definition) is 0. The van der Waals surface area contributed by atoms with Crippen molar-refractivity contribution in [1.82, 2.24) is 0 Å². The van der Waals surface area contributed by atoms with E-state index in [1.807, 2.05) is 3.63 Å². The Morgan fingerprint density at radius 3 is 0.568 bits per heavy atom. The minimum absolute atomic E-state index is 1.81. The Morgan fingerprint density at radius 2 is 0.459 bits per heavy atom. The van der Waals surface area contributed by atoms with E-state index in [0.717, 1.165) is 0 Å². The zero-order valence-corrected chi connectivity index (χ0v) is 17.0. The summed E-state index contributed by atoms with van der Waals surface area (Å²) in [5, 5.41) is -16.7. The van der Waals surface area contributed by atoms with E-state index < -0.39 is 80.6 Å². The number of hydrogen-bond acceptors (Lipinski definition) is 3. The first-order valence-electron chi connectivity index (χ1n) is 7.23. The summed E-state index contributed by atoms with van der Waals surface area (Å²) in [4.78, 5) is 0. The van der Waals surface area contributed by atoms with Crippen LogP contribution in [0.4, 0.5) is 96.6 Å². The van der Waals surface area contributed by atoms with E-state index in [1.54, 1.807) is 0 Å². The molecule has 0 saturated carbocycles. The molecule has 0 radical (unpaired) electrons. The Bertz CT molecular complexity index is 737. The van der Waals surface area contributed by atoms with Crippen LogP contribution in [0.1, 0.15) is 0 Å². The highest BCUT2D eigenvalue weighted by atomic mass is 32.3. The second-order valence-electron chi connectivity index (χ2n) is 6.06. The summed E-state index contributed by atoms with van der Waals surface area (Å²) in [5.41, 5.74) is -17.4. The summed E-state index contributed by atoms with van der Waals surface area (Å²) in [6.07, 6.45) is -50.6. The quantitative estimate of drug-likeness (QED) is 0.295. The molecule has 0 heterocycles. The van der Waals surface area contributed by atoms with Gasteiger partial charge in [0.1, 0.15) is 0 Å². The molecule has 0 fully saturated rings. The van der Waals surface area contributed by atoms with Crippen molar-refractivity contribution < 1.29 is 109 Å². The molecule has 0 aliphatic heterocycles. The maximum atomic E-state index is 13.7. The van der Waals surface area contributed by atoms with Crippen molar-refractivity contribution in [3.05, 3.63) is 0 Å². The van der Waals surface area contributed by atoms with Crippen LogP contribution in [-0.4, -0.2) is 56.0 Å². The summed E-state index contributed by atoms with van der Waals surface area (Å²) < 4.78 is 307. The molecule has 0 N–H and O–H groups in total. The fourth-order valence-electron chi connectivity index (χ4n) is 2.35. The molecule has 0 amide bonds. The Morgan fingerprint density at radius 1 is 0.324 bits per heavy atom. The number of halogens is 22. The Balaban J connectivity index is 7.28. The Kier molecular flexibility index (Phi) is 8.82. The van der Waals surface area contributed by atoms with Gasteiger partial charge in [0.25, 0.3) is 0 Å². The summed E-state index contributed by atoms with van der Waals surface area (Å²) in [5.74, 6) is 0. The first kappa shape index (κ1) is 35.7. The summed E-state index contributed by atoms with van der Waals surface area (Å²) in [7, 11) is 0. The number of alkyl halides is 22. The maximum Gasteiger partial charge on any atom is 0.419 e. The van der Waals surface area contributed by atoms with Gasteiger partial charge >= 0.3 is 58.4 Å². The highest BCUT2D eigenvalue weighted by Gasteiger charge is 2.97. The minimum atomic E-state index is -8.68. The zero-order valence-electron chi connectivity index (χ0n) is 15.4. The third kappa shape index (κ3) is 4.94. The van der Waals surface area contributed by atoms with Gasteiger partial charge in [-0.1, -0.05) is 0 Å². The third-order valence-electron chi connectivity index (χ3n) is 3.97. The Labute approximate surface area is 190 Å². The molecule has 0 atom stereocenters. The standard InChI is InChI=1S/C10F22O3S2/c11-3(12,13)1(4(14,15)16,5(17,18)19)9(29,30)36(33)35-37(34)10(31,32)2(6(20,21)22,7(23,24)25)8(26,27)28. The van der Waals surface area contributed by atoms with Crippen molar-refractivity contribution in [3.8, 4) is 0 Å². The molecular weight excluding hydrogens is 650 g/mol. The summed E-state index contributed by atoms with van der Waals surface area (Å²) in [6.45, 7) is 0. The van der Waals surface area contributed by atoms with E-state index >= 15 is 0 Å². The molecule has 0 aliphatic rings. The van der Waals surface area contributed by atoms with Crippen molar-refractivity contribution in [2.45, 2.75) is 47.6 Å². The van der Waals surface area contributed by atoms with Crippen molar-refractivity contribution in [2.24, 2.45) is 10.8 Å². The van der Waals surface area contributed by atoms with Crippen LogP contribution in [0, 0.1) is 10.8 Å². The first-order valence-corrected chi connectivity index (χ1v) is 9.38. The fraction of sp³-hybridized carbons (Fsp3) is 1.00. The van der Waals surface area contributed by atoms with Crippen LogP contribution >= 0.6 is 0 Å². The lowest BCUT2D eigenvalue weighted by Gasteiger charge is -2.43. The average molecular weight is 650 g/mol. The zero-order chi connectivity index (χ0) is 30.9. The normalized spacial score (nSPS) is 18.1. The van der Waals surface area contributed by atoms with Gasteiger partial charge in [0.05, 0.1) is 0 Å². The molecular formula is C10F22O3S2. The van der Waals surface area contributed by atoms with E-state index in [4.69, 9.17) is 0 Å². The molecule has 0 saturated heterocycles. The highest BCUT2D eigenvalue weighted by Crippen LogP contribution is 2.69. The van der Waals surface area contributed by atoms with Gasteiger partial charge in [-0.3, -0.25) is 0 Å². The van der Waals surface area contributed by atoms with Gasteiger partial charge in [-0.05, 0) is 0 Å². The summed E-state index contributed by atoms with van der Waals surface area (Å²) >= 11 is -13.8. The molecule has 0 aromatic rings. The van der Waals surface area contributed by atoms with Gasteiger partial charge in [0.2, 0.25) is 22.2 Å². The molecule has 27 heteroatoms. The molecule has 0 aliphatic carbocycles. The molecule has 0 bridgehead atoms. The van der Waals surface area contributed by atoms with Crippen molar-refractivity contribution in [3.63, 3.8) is 0 Å². The molecule has 0 unspecified atom stereocenters. The molecule has 0 aromatic heterocycles. The monoisotopic (exact) mass is 650 g/mol. The van der Waals surface area contributed by atoms with Crippen LogP contribution in [0.2, 0.25) is 0 Å². The van der Waals surface area contributed by atoms with E-state index in [0.29, 0.717) is 0 Å². The topological polar surface area (TPSA) is 43.4 Å². The largest absolute Gasteiger partial charge is 0.419 e. The minimum Gasteiger partial charge on any atom is -0.222 e. The van der Waals surface area contributed by atoms with E-state index in [9.17, 15) is 105 Å². The fourth-order valence-corrected chi connectivity index (χ4v) is 4.67. The smallest absolute Gasteiger partial charge is 0.222 e. The molecule has 0 spiro atoms. The van der Waals surface area contributed by atoms with Gasteiger partial charge in [-0.2, -0.15) is 100 Å². The molecule has 0 aromatic carbocycles. The van der Waals surface area contributed by atoms with Crippen LogP contribution in [-0.2, 0) is 25.8 Å². The lowest BCUT2D eigenvalue weighted by atomic mass is 9.85. The number of rotatable bonds is 6. The van der Waals surface area contributed by atoms with Crippen LogP contribution in [0.25, 0.3) is 0 Å². The van der Waals surface area contributed by atoms with E-state index in [-0.39, 0.29) is 0 Å². The van der Waals surface area contributed by atoms with E-state index in [2.05, 4.69) is 0 Å². The lowest BCUT2D eigenvalue weighted by Crippen LogP contribution is -2.71. The van der Waals surface area contributed by atoms with Gasteiger partial charge < -0.3 is 0 Å². The van der Waals surface area contributed by atoms with Crippen molar-refractivity contribution >= 4 is 22.2 Å². The van der Waals surface area contributed by atoms with Crippen LogP contribution in [0.15, 0.2) is 0 Å². The predicted molar refractivity (Wildman–Crippen MR) is 68.5 cm³/mol.